The first kappa shape index (κ1) is 84.1. The van der Waals surface area contributed by atoms with Crippen LogP contribution in [0.3, 0.4) is 0 Å². The van der Waals surface area contributed by atoms with Crippen LogP contribution in [0.1, 0.15) is 105 Å². The van der Waals surface area contributed by atoms with E-state index in [0.717, 1.165) is 28.5 Å². The van der Waals surface area contributed by atoms with Gasteiger partial charge in [-0.05, 0) is 126 Å². The van der Waals surface area contributed by atoms with E-state index >= 15 is 9.59 Å². The van der Waals surface area contributed by atoms with E-state index in [9.17, 15) is 66.5 Å². The number of carbonyl (C=O) groups excluding carboxylic acids is 11. The van der Waals surface area contributed by atoms with Crippen LogP contribution in [0.5, 0.6) is 5.75 Å². The van der Waals surface area contributed by atoms with Gasteiger partial charge in [-0.15, -0.1) is 0 Å². The summed E-state index contributed by atoms with van der Waals surface area (Å²) in [6.45, 7) is 5.87. The topological polar surface area (TPSA) is 378 Å². The summed E-state index contributed by atoms with van der Waals surface area (Å²) in [6, 6.07) is 35.6. The average molecular weight is 1520 g/mol. The first-order valence-corrected chi connectivity index (χ1v) is 36.8. The van der Waals surface area contributed by atoms with Gasteiger partial charge in [-0.3, -0.25) is 52.7 Å². The maximum Gasteiger partial charge on any atom is 0.416 e. The van der Waals surface area contributed by atoms with Crippen LogP contribution >= 0.6 is 0 Å². The van der Waals surface area contributed by atoms with Gasteiger partial charge >= 0.3 is 6.18 Å². The Hall–Kier alpha value is -11.5. The molecule has 0 radical (unpaired) electrons. The largest absolute Gasteiger partial charge is 0.508 e. The number of fused-ring (bicyclic) bond motifs is 1. The molecule has 14 N–H and O–H groups in total. The van der Waals surface area contributed by atoms with Gasteiger partial charge in [0.15, 0.2) is 0 Å². The minimum atomic E-state index is -4.53. The number of likely N-dealkylation sites (tertiary alicyclic amines) is 1. The zero-order valence-electron chi connectivity index (χ0n) is 61.8. The van der Waals surface area contributed by atoms with Gasteiger partial charge in [0.2, 0.25) is 65.0 Å². The predicted octanol–water partition coefficient (Wildman–Crippen LogP) is 4.96. The first-order valence-electron chi connectivity index (χ1n) is 36.8. The van der Waals surface area contributed by atoms with Crippen molar-refractivity contribution in [1.29, 1.82) is 0 Å². The minimum Gasteiger partial charge on any atom is -0.508 e. The normalized spacial score (nSPS) is 15.2. The Morgan fingerprint density at radius 3 is 1.35 bits per heavy atom. The Morgan fingerprint density at radius 1 is 0.473 bits per heavy atom. The fourth-order valence-electron chi connectivity index (χ4n) is 12.9. The van der Waals surface area contributed by atoms with Crippen LogP contribution in [0, 0.1) is 5.92 Å². The van der Waals surface area contributed by atoms with E-state index in [1.807, 2.05) is 56.3 Å². The van der Waals surface area contributed by atoms with Crippen LogP contribution in [0.15, 0.2) is 182 Å². The average Bonchev–Trinajstić information content (AvgIpc) is 1.53. The number of phenols is 1. The fraction of sp³-hybridized carbons (Fsp3) is 0.378. The third-order valence-electron chi connectivity index (χ3n) is 18.8. The molecule has 10 atom stereocenters. The number of benzene rings is 7. The first-order chi connectivity index (χ1) is 52.6. The zero-order valence-corrected chi connectivity index (χ0v) is 61.8. The van der Waals surface area contributed by atoms with Gasteiger partial charge in [-0.2, -0.15) is 13.2 Å². The summed E-state index contributed by atoms with van der Waals surface area (Å²) >= 11 is 0. The fourth-order valence-corrected chi connectivity index (χ4v) is 12.9. The third kappa shape index (κ3) is 26.1. The van der Waals surface area contributed by atoms with Crippen molar-refractivity contribution in [3.05, 3.63) is 221 Å². The Kier molecular flexibility index (Phi) is 31.5. The third-order valence-corrected chi connectivity index (χ3v) is 18.8. The number of aromatic hydroxyl groups is 1. The number of primary amides is 1. The van der Waals surface area contributed by atoms with Crippen LogP contribution < -0.4 is 58.9 Å². The number of aliphatic hydroxyl groups excluding tert-OH is 1. The smallest absolute Gasteiger partial charge is 0.416 e. The van der Waals surface area contributed by atoms with Gasteiger partial charge in [-0.1, -0.05) is 172 Å². The standard InChI is InChI=1S/C82H97F3N12O13/c1-50(2)41-69(81(110)97-40-18-28-71(97)80(109)88-51(3)72(86)101)95-77(106)66(44-54-21-10-6-11-22-54)91-73(102)63(27-16-17-39-87-48-57-30-35-61(36-31-57)82(83,84)85)90-75(104)68(46-56-32-37-62(100)38-33-56)94-79(108)70(49-98)96-78(107)67(45-55-23-12-7-13-24-55)93-76(105)65(43-53-19-8-5-9-20-53)92-74(103)64(89-52(4)99)47-58-29-34-59-25-14-15-26-60(59)42-58/h5-15,19-26,29-38,42,50-51,63-71,87,98,100H,16-18,27-28,39-41,43-49H2,1-4H3,(H2,86,101)(H,88,109)(H,89,99)(H,90,104)(H,91,102)(H,92,103)(H,93,105)(H,94,108)(H,95,106)(H,96,107)/t51-,63-,64-,65-,66-,67-,68-,69-,70-,71+/m0/s1. The highest BCUT2D eigenvalue weighted by Gasteiger charge is 2.41. The summed E-state index contributed by atoms with van der Waals surface area (Å²) in [5.41, 5.74) is 8.01. The number of phenolic OH excluding ortho intramolecular Hbond substituents is 1. The molecule has 0 saturated carbocycles. The van der Waals surface area contributed by atoms with Crippen molar-refractivity contribution in [3.8, 4) is 5.75 Å². The number of unbranched alkanes of at least 4 members (excludes halogenated alkanes) is 1. The number of rotatable bonds is 39. The van der Waals surface area contributed by atoms with Crippen molar-refractivity contribution < 1.29 is 76.1 Å². The van der Waals surface area contributed by atoms with Crippen molar-refractivity contribution in [2.45, 2.75) is 171 Å². The second-order valence-electron chi connectivity index (χ2n) is 28.0. The number of alkyl halides is 3. The predicted molar refractivity (Wildman–Crippen MR) is 406 cm³/mol. The van der Waals surface area contributed by atoms with Crippen LogP contribution in [0.2, 0.25) is 0 Å². The van der Waals surface area contributed by atoms with E-state index in [2.05, 4.69) is 53.2 Å². The lowest BCUT2D eigenvalue weighted by molar-refractivity contribution is -0.142. The molecule has 8 rings (SSSR count). The van der Waals surface area contributed by atoms with E-state index in [-0.39, 0.29) is 89.1 Å². The second-order valence-corrected chi connectivity index (χ2v) is 28.0. The summed E-state index contributed by atoms with van der Waals surface area (Å²) in [7, 11) is 0. The maximum absolute atomic E-state index is 15.2. The molecule has 0 unspecified atom stereocenters. The molecule has 584 valence electrons. The summed E-state index contributed by atoms with van der Waals surface area (Å²) in [6.07, 6.45) is -4.04. The SMILES string of the molecule is CC(=O)N[C@@H](Cc1ccc2ccccc2c1)C(=O)N[C@@H](Cc1ccccc1)C(=O)N[C@@H](Cc1ccccc1)C(=O)N[C@@H](CO)C(=O)N[C@@H](Cc1ccc(O)cc1)C(=O)N[C@@H](CCCCNCc1ccc(C(F)(F)F)cc1)C(=O)N[C@@H](Cc1ccccc1)C(=O)N[C@@H](CC(C)C)C(=O)N1CCC[C@@H]1C(=O)N[C@@H](C)C(N)=O. The summed E-state index contributed by atoms with van der Waals surface area (Å²) in [5.74, 6) is -9.13. The molecule has 0 aliphatic carbocycles. The van der Waals surface area contributed by atoms with E-state index in [1.165, 1.54) is 55.1 Å². The molecule has 1 heterocycles. The van der Waals surface area contributed by atoms with Gasteiger partial charge in [0.1, 0.15) is 66.2 Å². The summed E-state index contributed by atoms with van der Waals surface area (Å²) in [5, 5.41) is 50.7. The van der Waals surface area contributed by atoms with Gasteiger partial charge in [-0.25, -0.2) is 0 Å². The lowest BCUT2D eigenvalue weighted by Crippen LogP contribution is -2.61. The Balaban J connectivity index is 1.05. The highest BCUT2D eigenvalue weighted by molar-refractivity contribution is 5.99. The molecule has 0 spiro atoms. The summed E-state index contributed by atoms with van der Waals surface area (Å²) < 4.78 is 40.1. The molecule has 0 aromatic heterocycles. The Morgan fingerprint density at radius 2 is 0.882 bits per heavy atom. The molecule has 7 aromatic carbocycles. The van der Waals surface area contributed by atoms with Crippen molar-refractivity contribution in [2.24, 2.45) is 11.7 Å². The van der Waals surface area contributed by atoms with Crippen LogP contribution in [0.4, 0.5) is 13.2 Å². The molecule has 11 amide bonds. The van der Waals surface area contributed by atoms with Crippen molar-refractivity contribution in [3.63, 3.8) is 0 Å². The van der Waals surface area contributed by atoms with Gasteiger partial charge in [0.05, 0.1) is 12.2 Å². The van der Waals surface area contributed by atoms with Crippen LogP contribution in [0.25, 0.3) is 10.8 Å². The molecule has 1 saturated heterocycles. The lowest BCUT2D eigenvalue weighted by atomic mass is 9.99. The molecule has 110 heavy (non-hydrogen) atoms. The minimum absolute atomic E-state index is 0.0434. The molecule has 1 fully saturated rings. The van der Waals surface area contributed by atoms with Crippen LogP contribution in [-0.4, -0.2) is 160 Å². The number of hydrogen-bond donors (Lipinski definition) is 13. The number of halogens is 3. The molecule has 25 nitrogen and oxygen atoms in total. The van der Waals surface area contributed by atoms with Gasteiger partial charge in [0, 0.05) is 52.1 Å². The van der Waals surface area contributed by atoms with E-state index in [4.69, 9.17) is 5.73 Å². The van der Waals surface area contributed by atoms with Crippen molar-refractivity contribution >= 4 is 75.8 Å². The molecule has 28 heteroatoms. The molecular weight excluding hydrogens is 1420 g/mol. The van der Waals surface area contributed by atoms with Crippen molar-refractivity contribution in [1.82, 2.24) is 58.1 Å². The maximum atomic E-state index is 15.2. The quantitative estimate of drug-likeness (QED) is 0.0227. The second kappa shape index (κ2) is 41.2. The Labute approximate surface area is 636 Å². The number of aliphatic hydroxyl groups is 1. The molecule has 1 aliphatic heterocycles. The number of hydrogen-bond acceptors (Lipinski definition) is 14. The number of nitrogens with zero attached hydrogens (tertiary/aromatic N) is 1. The van der Waals surface area contributed by atoms with Crippen LogP contribution in [-0.2, 0) is 97.6 Å². The van der Waals surface area contributed by atoms with E-state index in [0.29, 0.717) is 40.7 Å². The lowest BCUT2D eigenvalue weighted by Gasteiger charge is -2.31. The number of nitrogens with two attached hydrogens (primary N) is 1. The number of nitrogens with one attached hydrogen (secondary N) is 10. The zero-order chi connectivity index (χ0) is 79.4. The highest BCUT2D eigenvalue weighted by Crippen LogP contribution is 2.29. The Bertz CT molecular complexity index is 4280. The molecular formula is C82H97F3N12O13. The summed E-state index contributed by atoms with van der Waals surface area (Å²) in [4.78, 5) is 158. The highest BCUT2D eigenvalue weighted by atomic mass is 19.4. The molecule has 0 bridgehead atoms. The number of carbonyl (C=O) groups is 11. The molecule has 1 aliphatic rings. The monoisotopic (exact) mass is 1510 g/mol. The van der Waals surface area contributed by atoms with E-state index in [1.54, 1.807) is 91.0 Å². The van der Waals surface area contributed by atoms with Gasteiger partial charge in [0.25, 0.3) is 0 Å². The van der Waals surface area contributed by atoms with Gasteiger partial charge < -0.3 is 74.0 Å². The van der Waals surface area contributed by atoms with Crippen molar-refractivity contribution in [2.75, 3.05) is 19.7 Å². The number of amides is 11. The molecule has 7 aromatic rings. The van der Waals surface area contributed by atoms with E-state index < -0.39 is 144 Å².